The topological polar surface area (TPSA) is 37.8 Å². The predicted molar refractivity (Wildman–Crippen MR) is 73.0 cm³/mol. The molecule has 0 aliphatic carbocycles. The summed E-state index contributed by atoms with van der Waals surface area (Å²) in [6.45, 7) is 2.15. The summed E-state index contributed by atoms with van der Waals surface area (Å²) in [6, 6.07) is 7.30. The third kappa shape index (κ3) is 2.48. The molecule has 0 saturated heterocycles. The molecule has 0 amide bonds. The lowest BCUT2D eigenvalue weighted by atomic mass is 10.2. The molecule has 2 aromatic rings. The van der Waals surface area contributed by atoms with Crippen LogP contribution in [0.3, 0.4) is 0 Å². The van der Waals surface area contributed by atoms with Crippen LogP contribution in [0.5, 0.6) is 0 Å². The molecule has 17 heavy (non-hydrogen) atoms. The third-order valence-electron chi connectivity index (χ3n) is 2.44. The van der Waals surface area contributed by atoms with Crippen molar-refractivity contribution < 1.29 is 0 Å². The van der Waals surface area contributed by atoms with E-state index in [1.54, 1.807) is 19.1 Å². The first-order chi connectivity index (χ1) is 8.09. The Balaban J connectivity index is 2.69. The molecule has 0 atom stereocenters. The van der Waals surface area contributed by atoms with Crippen LogP contribution >= 0.6 is 23.8 Å². The average molecular weight is 267 g/mol. The van der Waals surface area contributed by atoms with E-state index in [-0.39, 0.29) is 5.56 Å². The predicted octanol–water partition coefficient (Wildman–Crippen LogP) is 3.20. The van der Waals surface area contributed by atoms with E-state index in [1.165, 1.54) is 4.57 Å². The Hall–Kier alpha value is -1.39. The average Bonchev–Trinajstić information content (AvgIpc) is 2.28. The lowest BCUT2D eigenvalue weighted by Crippen LogP contribution is -2.21. The van der Waals surface area contributed by atoms with Crippen molar-refractivity contribution in [3.8, 4) is 0 Å². The first-order valence-corrected chi connectivity index (χ1v) is 5.92. The second-order valence-corrected chi connectivity index (χ2v) is 4.67. The lowest BCUT2D eigenvalue weighted by molar-refractivity contribution is 0.750. The van der Waals surface area contributed by atoms with E-state index in [2.05, 4.69) is 4.98 Å². The summed E-state index contributed by atoms with van der Waals surface area (Å²) in [6.07, 6.45) is 1.75. The van der Waals surface area contributed by atoms with Gasteiger partial charge in [0, 0.05) is 11.6 Å². The smallest absolute Gasteiger partial charge is 0.262 e. The minimum Gasteiger partial charge on any atom is -0.332 e. The number of hydrogen-bond donors (Lipinski definition) is 1. The number of nitrogens with one attached hydrogen (secondary N) is 1. The van der Waals surface area contributed by atoms with Gasteiger partial charge in [-0.05, 0) is 31.3 Å². The summed E-state index contributed by atoms with van der Waals surface area (Å²) in [5, 5.41) is 1.26. The van der Waals surface area contributed by atoms with Crippen molar-refractivity contribution in [2.24, 2.45) is 0 Å². The number of para-hydroxylation sites is 1. The Morgan fingerprint density at radius 1 is 1.53 bits per heavy atom. The molecule has 0 unspecified atom stereocenters. The summed E-state index contributed by atoms with van der Waals surface area (Å²) in [7, 11) is 0. The number of fused-ring (bicyclic) bond motifs is 1. The van der Waals surface area contributed by atoms with Crippen molar-refractivity contribution >= 4 is 34.7 Å². The van der Waals surface area contributed by atoms with Gasteiger partial charge in [-0.1, -0.05) is 29.8 Å². The standard InChI is InChI=1S/C12H11ClN2OS/c1-8(13)6-7-15-11(16)9-4-2-3-5-10(9)14-12(15)17/h2-6H,7H2,1H3,(H,14,17). The minimum atomic E-state index is -0.0986. The van der Waals surface area contributed by atoms with Gasteiger partial charge in [-0.3, -0.25) is 9.36 Å². The highest BCUT2D eigenvalue weighted by Crippen LogP contribution is 2.06. The van der Waals surface area contributed by atoms with Gasteiger partial charge in [-0.25, -0.2) is 0 Å². The van der Waals surface area contributed by atoms with Gasteiger partial charge >= 0.3 is 0 Å². The summed E-state index contributed by atoms with van der Waals surface area (Å²) in [5.41, 5.74) is 0.656. The lowest BCUT2D eigenvalue weighted by Gasteiger charge is -2.05. The number of rotatable bonds is 2. The van der Waals surface area contributed by atoms with Gasteiger partial charge in [0.05, 0.1) is 10.9 Å². The number of halogens is 1. The molecule has 0 aliphatic rings. The van der Waals surface area contributed by atoms with Crippen LogP contribution in [-0.2, 0) is 6.54 Å². The number of hydrogen-bond acceptors (Lipinski definition) is 2. The molecule has 2 rings (SSSR count). The van der Waals surface area contributed by atoms with Crippen LogP contribution in [0, 0.1) is 4.77 Å². The van der Waals surface area contributed by atoms with E-state index in [9.17, 15) is 4.79 Å². The van der Waals surface area contributed by atoms with Crippen LogP contribution in [0.25, 0.3) is 10.9 Å². The highest BCUT2D eigenvalue weighted by Gasteiger charge is 2.03. The number of nitrogens with zero attached hydrogens (tertiary/aromatic N) is 1. The number of benzene rings is 1. The van der Waals surface area contributed by atoms with Crippen molar-refractivity contribution in [3.63, 3.8) is 0 Å². The maximum atomic E-state index is 12.2. The van der Waals surface area contributed by atoms with E-state index in [0.29, 0.717) is 21.7 Å². The van der Waals surface area contributed by atoms with Crippen LogP contribution in [0.15, 0.2) is 40.2 Å². The van der Waals surface area contributed by atoms with Gasteiger partial charge in [0.1, 0.15) is 0 Å². The molecule has 0 aliphatic heterocycles. The van der Waals surface area contributed by atoms with Gasteiger partial charge in [0.2, 0.25) is 0 Å². The Morgan fingerprint density at radius 2 is 2.24 bits per heavy atom. The molecule has 88 valence electrons. The Morgan fingerprint density at radius 3 is 2.94 bits per heavy atom. The molecule has 1 N–H and O–H groups in total. The maximum Gasteiger partial charge on any atom is 0.262 e. The molecule has 1 aromatic heterocycles. The van der Waals surface area contributed by atoms with Crippen LogP contribution < -0.4 is 5.56 Å². The number of aromatic nitrogens is 2. The Bertz CT molecular complexity index is 695. The Kier molecular flexibility index (Phi) is 3.45. The fourth-order valence-corrected chi connectivity index (χ4v) is 1.92. The number of allylic oxidation sites excluding steroid dienone is 2. The highest BCUT2D eigenvalue weighted by atomic mass is 35.5. The zero-order valence-corrected chi connectivity index (χ0v) is 10.8. The fraction of sp³-hybridized carbons (Fsp3) is 0.167. The van der Waals surface area contributed by atoms with E-state index < -0.39 is 0 Å². The highest BCUT2D eigenvalue weighted by molar-refractivity contribution is 7.71. The largest absolute Gasteiger partial charge is 0.332 e. The van der Waals surface area contributed by atoms with Gasteiger partial charge in [-0.2, -0.15) is 0 Å². The summed E-state index contributed by atoms with van der Waals surface area (Å²) in [5.74, 6) is 0. The van der Waals surface area contributed by atoms with Gasteiger partial charge < -0.3 is 4.98 Å². The minimum absolute atomic E-state index is 0.0986. The van der Waals surface area contributed by atoms with Crippen LogP contribution in [0.1, 0.15) is 6.92 Å². The van der Waals surface area contributed by atoms with Crippen LogP contribution in [0.2, 0.25) is 0 Å². The van der Waals surface area contributed by atoms with Gasteiger partial charge in [0.25, 0.3) is 5.56 Å². The zero-order chi connectivity index (χ0) is 12.4. The quantitative estimate of drug-likeness (QED) is 0.848. The van der Waals surface area contributed by atoms with Crippen LogP contribution in [-0.4, -0.2) is 9.55 Å². The van der Waals surface area contributed by atoms with Crippen LogP contribution in [0.4, 0.5) is 0 Å². The first-order valence-electron chi connectivity index (χ1n) is 5.13. The molecular formula is C12H11ClN2OS. The first kappa shape index (κ1) is 12.1. The molecule has 1 aromatic carbocycles. The van der Waals surface area contributed by atoms with Crippen molar-refractivity contribution in [1.29, 1.82) is 0 Å². The van der Waals surface area contributed by atoms with E-state index in [0.717, 1.165) is 5.52 Å². The SMILES string of the molecule is CC(Cl)=CCn1c(=S)[nH]c2ccccc2c1=O. The van der Waals surface area contributed by atoms with Gasteiger partial charge in [-0.15, -0.1) is 0 Å². The normalized spacial score (nSPS) is 12.0. The summed E-state index contributed by atoms with van der Waals surface area (Å²) in [4.78, 5) is 15.2. The van der Waals surface area contributed by atoms with E-state index >= 15 is 0 Å². The summed E-state index contributed by atoms with van der Waals surface area (Å²) < 4.78 is 1.90. The summed E-state index contributed by atoms with van der Waals surface area (Å²) >= 11 is 10.9. The molecule has 1 heterocycles. The van der Waals surface area contributed by atoms with Gasteiger partial charge in [0.15, 0.2) is 4.77 Å². The molecular weight excluding hydrogens is 256 g/mol. The molecule has 0 saturated carbocycles. The molecule has 5 heteroatoms. The van der Waals surface area contributed by atoms with Crippen molar-refractivity contribution in [1.82, 2.24) is 9.55 Å². The molecule has 0 radical (unpaired) electrons. The van der Waals surface area contributed by atoms with Crippen molar-refractivity contribution in [2.45, 2.75) is 13.5 Å². The van der Waals surface area contributed by atoms with Crippen molar-refractivity contribution in [2.75, 3.05) is 0 Å². The van der Waals surface area contributed by atoms with Crippen molar-refractivity contribution in [3.05, 3.63) is 50.5 Å². The molecule has 0 spiro atoms. The Labute approximate surface area is 108 Å². The fourth-order valence-electron chi connectivity index (χ4n) is 1.58. The maximum absolute atomic E-state index is 12.2. The monoisotopic (exact) mass is 266 g/mol. The van der Waals surface area contributed by atoms with E-state index in [1.807, 2.05) is 18.2 Å². The second-order valence-electron chi connectivity index (χ2n) is 3.68. The molecule has 0 bridgehead atoms. The molecule has 3 nitrogen and oxygen atoms in total. The third-order valence-corrected chi connectivity index (χ3v) is 2.92. The zero-order valence-electron chi connectivity index (χ0n) is 9.24. The molecule has 0 fully saturated rings. The second kappa shape index (κ2) is 4.85. The number of H-pyrrole nitrogens is 1. The number of aromatic amines is 1. The van der Waals surface area contributed by atoms with E-state index in [4.69, 9.17) is 23.8 Å².